The molecule has 5 nitrogen and oxygen atoms in total. The van der Waals surface area contributed by atoms with Gasteiger partial charge in [-0.1, -0.05) is 11.6 Å². The molecular weight excluding hydrogens is 280 g/mol. The minimum Gasteiger partial charge on any atom is -0.484 e. The first-order chi connectivity index (χ1) is 9.17. The average Bonchev–Trinajstić information content (AvgIpc) is 2.28. The van der Waals surface area contributed by atoms with Crippen LogP contribution in [0.5, 0.6) is 5.75 Å². The van der Waals surface area contributed by atoms with Gasteiger partial charge in [-0.15, -0.1) is 0 Å². The molecule has 1 rings (SSSR count). The van der Waals surface area contributed by atoms with Crippen molar-refractivity contribution in [2.75, 3.05) is 6.61 Å². The fourth-order valence-electron chi connectivity index (χ4n) is 1.39. The van der Waals surface area contributed by atoms with E-state index in [1.807, 2.05) is 27.7 Å². The van der Waals surface area contributed by atoms with Gasteiger partial charge in [0.1, 0.15) is 5.75 Å². The summed E-state index contributed by atoms with van der Waals surface area (Å²) < 4.78 is 5.28. The third-order valence-electron chi connectivity index (χ3n) is 2.24. The molecule has 6 heteroatoms. The van der Waals surface area contributed by atoms with Crippen LogP contribution in [0, 0.1) is 6.92 Å². The molecule has 0 aliphatic carbocycles. The molecule has 0 radical (unpaired) electrons. The molecule has 3 amide bonds. The number of rotatable bonds is 3. The molecule has 0 fully saturated rings. The van der Waals surface area contributed by atoms with E-state index in [0.29, 0.717) is 10.8 Å². The summed E-state index contributed by atoms with van der Waals surface area (Å²) in [6.07, 6.45) is 0. The second-order valence-corrected chi connectivity index (χ2v) is 5.86. The molecule has 0 atom stereocenters. The van der Waals surface area contributed by atoms with Crippen LogP contribution in [0.15, 0.2) is 18.2 Å². The molecule has 0 saturated carbocycles. The van der Waals surface area contributed by atoms with Gasteiger partial charge in [-0.25, -0.2) is 4.79 Å². The van der Waals surface area contributed by atoms with Gasteiger partial charge in [0.2, 0.25) is 0 Å². The summed E-state index contributed by atoms with van der Waals surface area (Å²) in [5, 5.41) is 5.44. The summed E-state index contributed by atoms with van der Waals surface area (Å²) in [5.74, 6) is 0.0117. The Labute approximate surface area is 123 Å². The lowest BCUT2D eigenvalue weighted by molar-refractivity contribution is -0.122. The number of carbonyl (C=O) groups is 2. The van der Waals surface area contributed by atoms with Gasteiger partial charge in [0.25, 0.3) is 5.91 Å². The van der Waals surface area contributed by atoms with Gasteiger partial charge in [-0.3, -0.25) is 10.1 Å². The summed E-state index contributed by atoms with van der Waals surface area (Å²) in [4.78, 5) is 23.0. The SMILES string of the molecule is Cc1cc(OCC(=O)NC(=O)NC(C)(C)C)ccc1Cl. The predicted octanol–water partition coefficient (Wildman–Crippen LogP) is 2.65. The number of imide groups is 1. The second kappa shape index (κ2) is 6.61. The minimum absolute atomic E-state index is 0.237. The second-order valence-electron chi connectivity index (χ2n) is 5.45. The molecule has 0 aliphatic rings. The third-order valence-corrected chi connectivity index (χ3v) is 2.66. The fourth-order valence-corrected chi connectivity index (χ4v) is 1.51. The zero-order valence-electron chi connectivity index (χ0n) is 12.0. The van der Waals surface area contributed by atoms with E-state index in [1.165, 1.54) is 0 Å². The van der Waals surface area contributed by atoms with Crippen LogP contribution in [0.3, 0.4) is 0 Å². The molecule has 20 heavy (non-hydrogen) atoms. The standard InChI is InChI=1S/C14H19ClN2O3/c1-9-7-10(5-6-11(9)15)20-8-12(18)16-13(19)17-14(2,3)4/h5-7H,8H2,1-4H3,(H2,16,17,18,19). The quantitative estimate of drug-likeness (QED) is 0.901. The molecule has 110 valence electrons. The Kier molecular flexibility index (Phi) is 5.39. The lowest BCUT2D eigenvalue weighted by Gasteiger charge is -2.20. The van der Waals surface area contributed by atoms with Crippen LogP contribution in [0.2, 0.25) is 5.02 Å². The van der Waals surface area contributed by atoms with E-state index >= 15 is 0 Å². The topological polar surface area (TPSA) is 67.4 Å². The highest BCUT2D eigenvalue weighted by Crippen LogP contribution is 2.20. The minimum atomic E-state index is -0.543. The van der Waals surface area contributed by atoms with Gasteiger partial charge >= 0.3 is 6.03 Å². The number of aryl methyl sites for hydroxylation is 1. The number of amides is 3. The number of benzene rings is 1. The van der Waals surface area contributed by atoms with Crippen molar-refractivity contribution in [1.82, 2.24) is 10.6 Å². The Hall–Kier alpha value is -1.75. The predicted molar refractivity (Wildman–Crippen MR) is 78.1 cm³/mol. The van der Waals surface area contributed by atoms with E-state index in [4.69, 9.17) is 16.3 Å². The molecule has 0 unspecified atom stereocenters. The van der Waals surface area contributed by atoms with E-state index in [2.05, 4.69) is 10.6 Å². The van der Waals surface area contributed by atoms with E-state index in [-0.39, 0.29) is 6.61 Å². The Bertz CT molecular complexity index is 510. The Balaban J connectivity index is 2.43. The number of ether oxygens (including phenoxy) is 1. The maximum Gasteiger partial charge on any atom is 0.321 e. The highest BCUT2D eigenvalue weighted by molar-refractivity contribution is 6.31. The lowest BCUT2D eigenvalue weighted by Crippen LogP contribution is -2.49. The van der Waals surface area contributed by atoms with Crippen LogP contribution in [0.1, 0.15) is 26.3 Å². The van der Waals surface area contributed by atoms with Gasteiger partial charge < -0.3 is 10.1 Å². The Morgan fingerprint density at radius 3 is 2.50 bits per heavy atom. The largest absolute Gasteiger partial charge is 0.484 e. The van der Waals surface area contributed by atoms with Crippen molar-refractivity contribution in [3.63, 3.8) is 0 Å². The molecule has 1 aromatic carbocycles. The van der Waals surface area contributed by atoms with Gasteiger partial charge in [0.15, 0.2) is 6.61 Å². The van der Waals surface area contributed by atoms with Crippen molar-refractivity contribution in [3.8, 4) is 5.75 Å². The molecular formula is C14H19ClN2O3. The number of carbonyl (C=O) groups excluding carboxylic acids is 2. The van der Waals surface area contributed by atoms with E-state index in [9.17, 15) is 9.59 Å². The average molecular weight is 299 g/mol. The molecule has 0 aromatic heterocycles. The van der Waals surface area contributed by atoms with Crippen LogP contribution < -0.4 is 15.4 Å². The van der Waals surface area contributed by atoms with Crippen LogP contribution in [-0.2, 0) is 4.79 Å². The summed E-state index contributed by atoms with van der Waals surface area (Å²) in [6.45, 7) is 7.07. The monoisotopic (exact) mass is 298 g/mol. The van der Waals surface area contributed by atoms with Crippen molar-refractivity contribution >= 4 is 23.5 Å². The maximum atomic E-state index is 11.5. The summed E-state index contributed by atoms with van der Waals surface area (Å²) in [7, 11) is 0. The molecule has 0 saturated heterocycles. The smallest absolute Gasteiger partial charge is 0.321 e. The maximum absolute atomic E-state index is 11.5. The number of hydrogen-bond acceptors (Lipinski definition) is 3. The van der Waals surface area contributed by atoms with Crippen molar-refractivity contribution in [1.29, 1.82) is 0 Å². The molecule has 2 N–H and O–H groups in total. The van der Waals surface area contributed by atoms with Crippen molar-refractivity contribution in [3.05, 3.63) is 28.8 Å². The van der Waals surface area contributed by atoms with Crippen molar-refractivity contribution in [2.45, 2.75) is 33.2 Å². The molecule has 0 aliphatic heterocycles. The summed E-state index contributed by atoms with van der Waals surface area (Å²) in [5.41, 5.74) is 0.452. The molecule has 0 heterocycles. The lowest BCUT2D eigenvalue weighted by atomic mass is 10.1. The van der Waals surface area contributed by atoms with Gasteiger partial charge in [0, 0.05) is 10.6 Å². The number of urea groups is 1. The van der Waals surface area contributed by atoms with E-state index in [1.54, 1.807) is 18.2 Å². The van der Waals surface area contributed by atoms with Crippen LogP contribution in [-0.4, -0.2) is 24.1 Å². The Morgan fingerprint density at radius 2 is 1.95 bits per heavy atom. The normalized spacial score (nSPS) is 10.8. The van der Waals surface area contributed by atoms with Crippen molar-refractivity contribution in [2.24, 2.45) is 0 Å². The fraction of sp³-hybridized carbons (Fsp3) is 0.429. The molecule has 0 bridgehead atoms. The first kappa shape index (κ1) is 16.3. The zero-order valence-corrected chi connectivity index (χ0v) is 12.8. The summed E-state index contributed by atoms with van der Waals surface area (Å²) >= 11 is 5.89. The van der Waals surface area contributed by atoms with Crippen molar-refractivity contribution < 1.29 is 14.3 Å². The Morgan fingerprint density at radius 1 is 1.30 bits per heavy atom. The van der Waals surface area contributed by atoms with E-state index < -0.39 is 17.5 Å². The first-order valence-electron chi connectivity index (χ1n) is 6.18. The van der Waals surface area contributed by atoms with Crippen LogP contribution in [0.25, 0.3) is 0 Å². The van der Waals surface area contributed by atoms with E-state index in [0.717, 1.165) is 5.56 Å². The highest BCUT2D eigenvalue weighted by atomic mass is 35.5. The molecule has 1 aromatic rings. The van der Waals surface area contributed by atoms with Crippen LogP contribution >= 0.6 is 11.6 Å². The third kappa shape index (κ3) is 5.93. The van der Waals surface area contributed by atoms with Gasteiger partial charge in [0.05, 0.1) is 0 Å². The van der Waals surface area contributed by atoms with Crippen LogP contribution in [0.4, 0.5) is 4.79 Å². The zero-order chi connectivity index (χ0) is 15.3. The first-order valence-corrected chi connectivity index (χ1v) is 6.56. The van der Waals surface area contributed by atoms with Gasteiger partial charge in [-0.05, 0) is 51.5 Å². The number of hydrogen-bond donors (Lipinski definition) is 2. The molecule has 0 spiro atoms. The number of halogens is 1. The van der Waals surface area contributed by atoms with Gasteiger partial charge in [-0.2, -0.15) is 0 Å². The summed E-state index contributed by atoms with van der Waals surface area (Å²) in [6, 6.07) is 4.54. The highest BCUT2D eigenvalue weighted by Gasteiger charge is 2.15. The number of nitrogens with one attached hydrogen (secondary N) is 2.